The molecule has 1 aromatic carbocycles. The fourth-order valence-corrected chi connectivity index (χ4v) is 4.59. The topological polar surface area (TPSA) is 115 Å². The molecule has 1 aliphatic rings. The summed E-state index contributed by atoms with van der Waals surface area (Å²) < 4.78 is 33.5. The van der Waals surface area contributed by atoms with Crippen LogP contribution in [0.5, 0.6) is 0 Å². The average molecular weight is 406 g/mol. The molecule has 2 heterocycles. The van der Waals surface area contributed by atoms with Crippen LogP contribution in [0.4, 0.5) is 5.69 Å². The highest BCUT2D eigenvalue weighted by Crippen LogP contribution is 2.18. The van der Waals surface area contributed by atoms with Gasteiger partial charge in [-0.25, -0.2) is 13.2 Å². The summed E-state index contributed by atoms with van der Waals surface area (Å²) in [4.78, 5) is 24.8. The van der Waals surface area contributed by atoms with Crippen LogP contribution >= 0.6 is 0 Å². The molecule has 0 bridgehead atoms. The second kappa shape index (κ2) is 8.47. The number of esters is 1. The van der Waals surface area contributed by atoms with Crippen molar-refractivity contribution in [3.05, 3.63) is 54.0 Å². The number of amides is 1. The lowest BCUT2D eigenvalue weighted by atomic mass is 10.1. The van der Waals surface area contributed by atoms with Gasteiger partial charge in [-0.2, -0.15) is 0 Å². The SMILES string of the molecule is C[C@H](OC(=O)c1ccccc1NCc1ccco1)C(=O)N[C@@H]1CCS(=O)(=O)C1. The lowest BCUT2D eigenvalue weighted by Gasteiger charge is -2.17. The van der Waals surface area contributed by atoms with Gasteiger partial charge >= 0.3 is 5.97 Å². The van der Waals surface area contributed by atoms with E-state index in [-0.39, 0.29) is 17.1 Å². The van der Waals surface area contributed by atoms with Crippen molar-refractivity contribution in [1.29, 1.82) is 0 Å². The fourth-order valence-electron chi connectivity index (χ4n) is 2.92. The molecule has 1 fully saturated rings. The van der Waals surface area contributed by atoms with Gasteiger partial charge in [0.2, 0.25) is 0 Å². The number of rotatable bonds is 7. The Morgan fingerprint density at radius 1 is 1.25 bits per heavy atom. The Balaban J connectivity index is 1.58. The van der Waals surface area contributed by atoms with E-state index in [4.69, 9.17) is 9.15 Å². The minimum Gasteiger partial charge on any atom is -0.467 e. The number of carbonyl (C=O) groups excluding carboxylic acids is 2. The third kappa shape index (κ3) is 5.13. The second-order valence-electron chi connectivity index (χ2n) is 6.63. The summed E-state index contributed by atoms with van der Waals surface area (Å²) in [6.45, 7) is 1.85. The van der Waals surface area contributed by atoms with Crippen LogP contribution in [-0.2, 0) is 25.9 Å². The number of furan rings is 1. The first kappa shape index (κ1) is 19.9. The first-order valence-corrected chi connectivity index (χ1v) is 10.7. The highest BCUT2D eigenvalue weighted by Gasteiger charge is 2.31. The summed E-state index contributed by atoms with van der Waals surface area (Å²) in [6, 6.07) is 9.94. The largest absolute Gasteiger partial charge is 0.467 e. The van der Waals surface area contributed by atoms with E-state index in [0.29, 0.717) is 24.4 Å². The monoisotopic (exact) mass is 406 g/mol. The Morgan fingerprint density at radius 2 is 2.04 bits per heavy atom. The predicted molar refractivity (Wildman–Crippen MR) is 103 cm³/mol. The van der Waals surface area contributed by atoms with Crippen molar-refractivity contribution in [2.45, 2.75) is 32.0 Å². The van der Waals surface area contributed by atoms with Crippen LogP contribution in [0.3, 0.4) is 0 Å². The summed E-state index contributed by atoms with van der Waals surface area (Å²) in [5.74, 6) is -0.483. The molecule has 1 amide bonds. The van der Waals surface area contributed by atoms with Crippen LogP contribution in [0.25, 0.3) is 0 Å². The molecular formula is C19H22N2O6S. The minimum absolute atomic E-state index is 0.0564. The standard InChI is InChI=1S/C19H22N2O6S/c1-13(18(22)21-14-8-10-28(24,25)12-14)27-19(23)16-6-2-3-7-17(16)20-11-15-5-4-9-26-15/h2-7,9,13-14,20H,8,10-12H2,1H3,(H,21,22)/t13-,14+/m0/s1. The van der Waals surface area contributed by atoms with Gasteiger partial charge in [-0.1, -0.05) is 12.1 Å². The highest BCUT2D eigenvalue weighted by molar-refractivity contribution is 7.91. The number of ether oxygens (including phenoxy) is 1. The number of nitrogens with one attached hydrogen (secondary N) is 2. The van der Waals surface area contributed by atoms with Crippen molar-refractivity contribution in [1.82, 2.24) is 5.32 Å². The van der Waals surface area contributed by atoms with E-state index in [1.165, 1.54) is 6.92 Å². The van der Waals surface area contributed by atoms with Crippen molar-refractivity contribution in [2.24, 2.45) is 0 Å². The summed E-state index contributed by atoms with van der Waals surface area (Å²) in [6.07, 6.45) is 0.885. The molecule has 1 aliphatic heterocycles. The molecule has 0 aliphatic carbocycles. The maximum Gasteiger partial charge on any atom is 0.341 e. The van der Waals surface area contributed by atoms with Gasteiger partial charge in [0.25, 0.3) is 5.91 Å². The Labute approximate surface area is 163 Å². The first-order valence-electron chi connectivity index (χ1n) is 8.91. The molecule has 0 radical (unpaired) electrons. The van der Waals surface area contributed by atoms with Crippen molar-refractivity contribution in [3.8, 4) is 0 Å². The average Bonchev–Trinajstić information content (AvgIpc) is 3.29. The van der Waals surface area contributed by atoms with Crippen LogP contribution in [0.1, 0.15) is 29.5 Å². The van der Waals surface area contributed by atoms with Gasteiger partial charge in [0.1, 0.15) is 5.76 Å². The van der Waals surface area contributed by atoms with Gasteiger partial charge in [-0.15, -0.1) is 0 Å². The molecule has 1 aromatic heterocycles. The van der Waals surface area contributed by atoms with E-state index in [0.717, 1.165) is 0 Å². The molecular weight excluding hydrogens is 384 g/mol. The van der Waals surface area contributed by atoms with Crippen LogP contribution in [0, 0.1) is 0 Å². The van der Waals surface area contributed by atoms with Crippen LogP contribution < -0.4 is 10.6 Å². The maximum absolute atomic E-state index is 12.5. The summed E-state index contributed by atoms with van der Waals surface area (Å²) in [7, 11) is -3.10. The van der Waals surface area contributed by atoms with Gasteiger partial charge in [-0.3, -0.25) is 4.79 Å². The molecule has 8 nitrogen and oxygen atoms in total. The molecule has 1 saturated heterocycles. The zero-order chi connectivity index (χ0) is 20.1. The zero-order valence-corrected chi connectivity index (χ0v) is 16.2. The van der Waals surface area contributed by atoms with Gasteiger partial charge in [0, 0.05) is 11.7 Å². The molecule has 150 valence electrons. The molecule has 9 heteroatoms. The minimum atomic E-state index is -3.10. The van der Waals surface area contributed by atoms with E-state index < -0.39 is 33.9 Å². The van der Waals surface area contributed by atoms with Gasteiger partial charge < -0.3 is 19.8 Å². The van der Waals surface area contributed by atoms with Gasteiger partial charge in [0.15, 0.2) is 15.9 Å². The molecule has 2 aromatic rings. The predicted octanol–water partition coefficient (Wildman–Crippen LogP) is 1.74. The zero-order valence-electron chi connectivity index (χ0n) is 15.4. The molecule has 28 heavy (non-hydrogen) atoms. The van der Waals surface area contributed by atoms with E-state index in [9.17, 15) is 18.0 Å². The Morgan fingerprint density at radius 3 is 2.71 bits per heavy atom. The van der Waals surface area contributed by atoms with E-state index in [1.54, 1.807) is 36.6 Å². The molecule has 3 rings (SSSR count). The number of hydrogen-bond donors (Lipinski definition) is 2. The smallest absolute Gasteiger partial charge is 0.341 e. The summed E-state index contributed by atoms with van der Waals surface area (Å²) in [5.41, 5.74) is 0.843. The Kier molecular flexibility index (Phi) is 6.03. The number of hydrogen-bond acceptors (Lipinski definition) is 7. The molecule has 0 unspecified atom stereocenters. The number of sulfone groups is 1. The van der Waals surface area contributed by atoms with E-state index in [1.807, 2.05) is 6.07 Å². The fraction of sp³-hybridized carbons (Fsp3) is 0.368. The number of benzene rings is 1. The lowest BCUT2D eigenvalue weighted by Crippen LogP contribution is -2.42. The van der Waals surface area contributed by atoms with Crippen LogP contribution in [0.15, 0.2) is 47.1 Å². The number of carbonyl (C=O) groups is 2. The third-order valence-electron chi connectivity index (χ3n) is 4.41. The molecule has 2 atom stereocenters. The van der Waals surface area contributed by atoms with Crippen molar-refractivity contribution < 1.29 is 27.2 Å². The van der Waals surface area contributed by atoms with Crippen molar-refractivity contribution in [2.75, 3.05) is 16.8 Å². The van der Waals surface area contributed by atoms with Crippen LogP contribution in [0.2, 0.25) is 0 Å². The number of para-hydroxylation sites is 1. The third-order valence-corrected chi connectivity index (χ3v) is 6.18. The van der Waals surface area contributed by atoms with Crippen molar-refractivity contribution in [3.63, 3.8) is 0 Å². The summed E-state index contributed by atoms with van der Waals surface area (Å²) >= 11 is 0. The molecule has 0 saturated carbocycles. The summed E-state index contributed by atoms with van der Waals surface area (Å²) in [5, 5.41) is 5.73. The second-order valence-corrected chi connectivity index (χ2v) is 8.86. The number of anilines is 1. The maximum atomic E-state index is 12.5. The Hall–Kier alpha value is -2.81. The molecule has 2 N–H and O–H groups in total. The lowest BCUT2D eigenvalue weighted by molar-refractivity contribution is -0.129. The molecule has 0 spiro atoms. The van der Waals surface area contributed by atoms with Gasteiger partial charge in [0.05, 0.1) is 29.9 Å². The van der Waals surface area contributed by atoms with Crippen LogP contribution in [-0.4, -0.2) is 43.9 Å². The van der Waals surface area contributed by atoms with Crippen molar-refractivity contribution >= 4 is 27.4 Å². The quantitative estimate of drug-likeness (QED) is 0.673. The van der Waals surface area contributed by atoms with E-state index in [2.05, 4.69) is 10.6 Å². The van der Waals surface area contributed by atoms with Gasteiger partial charge in [-0.05, 0) is 37.6 Å². The van der Waals surface area contributed by atoms with E-state index >= 15 is 0 Å². The Bertz CT molecular complexity index is 939. The highest BCUT2D eigenvalue weighted by atomic mass is 32.2. The normalized spacial score (nSPS) is 19.0. The first-order chi connectivity index (χ1) is 13.3.